The maximum atomic E-state index is 10.1. The molecule has 4 nitrogen and oxygen atoms in total. The number of rotatable bonds is 3. The molecule has 15 heavy (non-hydrogen) atoms. The van der Waals surface area contributed by atoms with Gasteiger partial charge < -0.3 is 0 Å². The van der Waals surface area contributed by atoms with Gasteiger partial charge in [0.2, 0.25) is 6.08 Å². The van der Waals surface area contributed by atoms with Crippen LogP contribution in [0.5, 0.6) is 0 Å². The number of benzene rings is 1. The van der Waals surface area contributed by atoms with Gasteiger partial charge in [-0.2, -0.15) is 4.99 Å². The highest BCUT2D eigenvalue weighted by molar-refractivity contribution is 5.51. The van der Waals surface area contributed by atoms with Gasteiger partial charge in [-0.25, -0.2) is 15.2 Å². The van der Waals surface area contributed by atoms with Crippen LogP contribution in [0.15, 0.2) is 34.3 Å². The first-order valence-electron chi connectivity index (χ1n) is 4.42. The summed E-state index contributed by atoms with van der Waals surface area (Å²) in [6.07, 6.45) is 1.49. The van der Waals surface area contributed by atoms with E-state index in [1.165, 1.54) is 6.08 Å². The third kappa shape index (κ3) is 2.71. The van der Waals surface area contributed by atoms with Crippen molar-refractivity contribution in [2.24, 2.45) is 9.98 Å². The van der Waals surface area contributed by atoms with E-state index in [1.54, 1.807) is 18.2 Å². The number of nitrogens with zero attached hydrogens (tertiary/aromatic N) is 2. The summed E-state index contributed by atoms with van der Waals surface area (Å²) in [5, 5.41) is 6.84. The van der Waals surface area contributed by atoms with Crippen LogP contribution in [-0.4, -0.2) is 12.1 Å². The number of hydrogen-bond acceptors (Lipinski definition) is 4. The molecule has 76 valence electrons. The molecule has 1 rings (SSSR count). The molecular formula is C11H11N3O. The van der Waals surface area contributed by atoms with Gasteiger partial charge in [-0.1, -0.05) is 12.1 Å². The standard InChI is InChI=1S/C11H11N3O/c1-11(2,14-7-12)9-4-3-5-10(6-9)13-8-15/h3-6,12H,1-2H3. The molecule has 0 heterocycles. The Morgan fingerprint density at radius 3 is 2.73 bits per heavy atom. The zero-order valence-electron chi connectivity index (χ0n) is 8.61. The van der Waals surface area contributed by atoms with E-state index in [0.717, 1.165) is 5.56 Å². The maximum absolute atomic E-state index is 10.1. The fourth-order valence-corrected chi connectivity index (χ4v) is 1.21. The van der Waals surface area contributed by atoms with Crippen molar-refractivity contribution in [2.45, 2.75) is 19.4 Å². The third-order valence-electron chi connectivity index (χ3n) is 2.06. The molecule has 0 bridgehead atoms. The van der Waals surface area contributed by atoms with Crippen LogP contribution in [0.25, 0.3) is 0 Å². The predicted octanol–water partition coefficient (Wildman–Crippen LogP) is 2.64. The van der Waals surface area contributed by atoms with Gasteiger partial charge in [-0.3, -0.25) is 0 Å². The molecule has 0 spiro atoms. The van der Waals surface area contributed by atoms with Gasteiger partial charge in [0.25, 0.3) is 0 Å². The first-order chi connectivity index (χ1) is 7.10. The molecule has 0 aromatic heterocycles. The number of hydrogen-bond donors (Lipinski definition) is 1. The molecule has 0 fully saturated rings. The van der Waals surface area contributed by atoms with E-state index in [0.29, 0.717) is 5.69 Å². The minimum absolute atomic E-state index is 0.532. The normalized spacial score (nSPS) is 10.0. The van der Waals surface area contributed by atoms with Crippen LogP contribution >= 0.6 is 0 Å². The Balaban J connectivity index is 3.20. The molecular weight excluding hydrogens is 190 g/mol. The molecule has 1 aromatic carbocycles. The van der Waals surface area contributed by atoms with Gasteiger partial charge >= 0.3 is 0 Å². The third-order valence-corrected chi connectivity index (χ3v) is 2.06. The van der Waals surface area contributed by atoms with Crippen LogP contribution in [0.1, 0.15) is 19.4 Å². The summed E-state index contributed by atoms with van der Waals surface area (Å²) >= 11 is 0. The minimum atomic E-state index is -0.532. The Kier molecular flexibility index (Phi) is 3.29. The van der Waals surface area contributed by atoms with Gasteiger partial charge in [0, 0.05) is 0 Å². The van der Waals surface area contributed by atoms with Crippen molar-refractivity contribution in [1.82, 2.24) is 0 Å². The van der Waals surface area contributed by atoms with E-state index in [9.17, 15) is 4.79 Å². The minimum Gasteiger partial charge on any atom is -0.242 e. The Morgan fingerprint density at radius 1 is 1.40 bits per heavy atom. The second-order valence-electron chi connectivity index (χ2n) is 3.54. The highest BCUT2D eigenvalue weighted by Gasteiger charge is 2.18. The highest BCUT2D eigenvalue weighted by Crippen LogP contribution is 2.27. The molecule has 0 radical (unpaired) electrons. The van der Waals surface area contributed by atoms with Crippen molar-refractivity contribution in [1.29, 1.82) is 5.41 Å². The van der Waals surface area contributed by atoms with Crippen molar-refractivity contribution >= 4 is 17.8 Å². The lowest BCUT2D eigenvalue weighted by atomic mass is 9.95. The highest BCUT2D eigenvalue weighted by atomic mass is 16.1. The fourth-order valence-electron chi connectivity index (χ4n) is 1.21. The number of nitrogens with one attached hydrogen (secondary N) is 1. The molecule has 0 amide bonds. The average molecular weight is 201 g/mol. The van der Waals surface area contributed by atoms with Crippen LogP contribution in [0, 0.1) is 5.41 Å². The Hall–Kier alpha value is -2.02. The van der Waals surface area contributed by atoms with Crippen molar-refractivity contribution in [2.75, 3.05) is 0 Å². The Bertz CT molecular complexity index is 453. The van der Waals surface area contributed by atoms with Crippen molar-refractivity contribution in [3.05, 3.63) is 29.8 Å². The molecule has 0 aliphatic heterocycles. The summed E-state index contributed by atoms with van der Waals surface area (Å²) < 4.78 is 0. The SMILES string of the molecule is CC(C)(N=C=N)c1cccc(N=C=O)c1. The lowest BCUT2D eigenvalue weighted by molar-refractivity contribution is 0.560. The molecule has 0 saturated carbocycles. The monoisotopic (exact) mass is 201 g/mol. The second kappa shape index (κ2) is 4.47. The van der Waals surface area contributed by atoms with Gasteiger partial charge in [0.05, 0.1) is 17.2 Å². The second-order valence-corrected chi connectivity index (χ2v) is 3.54. The average Bonchev–Trinajstić information content (AvgIpc) is 2.19. The molecule has 1 N–H and O–H groups in total. The van der Waals surface area contributed by atoms with E-state index in [2.05, 4.69) is 9.98 Å². The van der Waals surface area contributed by atoms with E-state index in [4.69, 9.17) is 5.41 Å². The molecule has 0 aliphatic rings. The predicted molar refractivity (Wildman–Crippen MR) is 57.4 cm³/mol. The fraction of sp³-hybridized carbons (Fsp3) is 0.273. The number of carbonyl (C=O) groups excluding carboxylic acids is 1. The summed E-state index contributed by atoms with van der Waals surface area (Å²) in [7, 11) is 0. The zero-order valence-corrected chi connectivity index (χ0v) is 8.61. The van der Waals surface area contributed by atoms with Crippen molar-refractivity contribution in [3.8, 4) is 0 Å². The summed E-state index contributed by atoms with van der Waals surface area (Å²) in [5.41, 5.74) is 0.880. The van der Waals surface area contributed by atoms with Gasteiger partial charge in [0.15, 0.2) is 0 Å². The van der Waals surface area contributed by atoms with E-state index in [-0.39, 0.29) is 0 Å². The Labute approximate surface area is 87.9 Å². The smallest absolute Gasteiger partial charge is 0.240 e. The van der Waals surface area contributed by atoms with Gasteiger partial charge in [0.1, 0.15) is 0 Å². The first kappa shape index (κ1) is 11.1. The van der Waals surface area contributed by atoms with Crippen LogP contribution in [0.4, 0.5) is 5.69 Å². The largest absolute Gasteiger partial charge is 0.242 e. The maximum Gasteiger partial charge on any atom is 0.240 e. The summed E-state index contributed by atoms with van der Waals surface area (Å²) in [5.74, 6) is 0. The summed E-state index contributed by atoms with van der Waals surface area (Å²) in [6.45, 7) is 3.72. The quantitative estimate of drug-likeness (QED) is 0.592. The van der Waals surface area contributed by atoms with E-state index < -0.39 is 5.54 Å². The van der Waals surface area contributed by atoms with Crippen LogP contribution in [0.2, 0.25) is 0 Å². The van der Waals surface area contributed by atoms with Crippen LogP contribution < -0.4 is 0 Å². The first-order valence-corrected chi connectivity index (χ1v) is 4.42. The molecule has 0 unspecified atom stereocenters. The lowest BCUT2D eigenvalue weighted by Crippen LogP contribution is -2.12. The molecule has 0 aliphatic carbocycles. The topological polar surface area (TPSA) is 65.6 Å². The van der Waals surface area contributed by atoms with E-state index >= 15 is 0 Å². The molecule has 1 aromatic rings. The van der Waals surface area contributed by atoms with Crippen LogP contribution in [-0.2, 0) is 10.3 Å². The molecule has 4 heteroatoms. The Morgan fingerprint density at radius 2 is 2.13 bits per heavy atom. The summed E-state index contributed by atoms with van der Waals surface area (Å²) in [6, 6.07) is 9.12. The molecule has 0 atom stereocenters. The van der Waals surface area contributed by atoms with E-state index in [1.807, 2.05) is 25.9 Å². The van der Waals surface area contributed by atoms with Gasteiger partial charge in [-0.15, -0.1) is 0 Å². The van der Waals surface area contributed by atoms with Crippen molar-refractivity contribution in [3.63, 3.8) is 0 Å². The number of isocyanates is 1. The number of aliphatic imine (C=N–C) groups is 2. The summed E-state index contributed by atoms with van der Waals surface area (Å²) in [4.78, 5) is 17.5. The lowest BCUT2D eigenvalue weighted by Gasteiger charge is -2.18. The molecule has 0 saturated heterocycles. The van der Waals surface area contributed by atoms with Gasteiger partial charge in [-0.05, 0) is 31.5 Å². The zero-order chi connectivity index (χ0) is 11.3. The van der Waals surface area contributed by atoms with Crippen LogP contribution in [0.3, 0.4) is 0 Å². The van der Waals surface area contributed by atoms with Crippen molar-refractivity contribution < 1.29 is 4.79 Å².